The van der Waals surface area contributed by atoms with Gasteiger partial charge in [0.2, 0.25) is 5.88 Å². The summed E-state index contributed by atoms with van der Waals surface area (Å²) in [5.74, 6) is -0.244. The number of rotatable bonds is 5. The van der Waals surface area contributed by atoms with Crippen LogP contribution in [0.2, 0.25) is 10.0 Å². The van der Waals surface area contributed by atoms with E-state index in [9.17, 15) is 9.59 Å². The predicted octanol–water partition coefficient (Wildman–Crippen LogP) is 5.04. The van der Waals surface area contributed by atoms with E-state index >= 15 is 0 Å². The molecule has 32 heavy (non-hydrogen) atoms. The van der Waals surface area contributed by atoms with E-state index in [4.69, 9.17) is 43.1 Å². The maximum absolute atomic E-state index is 12.8. The summed E-state index contributed by atoms with van der Waals surface area (Å²) in [6, 6.07) is 12.4. The summed E-state index contributed by atoms with van der Waals surface area (Å²) in [6.07, 6.45) is 1.68. The zero-order valence-corrected chi connectivity index (χ0v) is 18.8. The van der Waals surface area contributed by atoms with Crippen molar-refractivity contribution >= 4 is 35.0 Å². The average molecular weight is 474 g/mol. The van der Waals surface area contributed by atoms with E-state index in [1.165, 1.54) is 7.11 Å². The van der Waals surface area contributed by atoms with Crippen LogP contribution in [0.15, 0.2) is 65.3 Å². The second-order valence-corrected chi connectivity index (χ2v) is 8.36. The van der Waals surface area contributed by atoms with Gasteiger partial charge in [-0.3, -0.25) is 4.79 Å². The standard InChI is InChI=1S/C24H21Cl2NO5/c1-30-24(29)22-20(21-18(28)3-2-4-19(21)32-23(22)27)13-6-9-16(10-7-13)31-12-14-5-8-15(25)11-17(14)26/h5-11,20H,2-4,12,27H2,1H3/t20-/m1/s1. The Morgan fingerprint density at radius 1 is 1.16 bits per heavy atom. The van der Waals surface area contributed by atoms with Crippen LogP contribution in [0.1, 0.15) is 36.3 Å². The Labute approximate surface area is 195 Å². The summed E-state index contributed by atoms with van der Waals surface area (Å²) < 4.78 is 16.4. The molecule has 0 unspecified atom stereocenters. The van der Waals surface area contributed by atoms with Gasteiger partial charge in [0.05, 0.1) is 13.0 Å². The molecule has 1 heterocycles. The van der Waals surface area contributed by atoms with Gasteiger partial charge in [-0.1, -0.05) is 41.4 Å². The lowest BCUT2D eigenvalue weighted by molar-refractivity contribution is -0.136. The zero-order chi connectivity index (χ0) is 22.8. The number of halogens is 2. The molecule has 2 aromatic carbocycles. The van der Waals surface area contributed by atoms with E-state index < -0.39 is 11.9 Å². The molecule has 0 aromatic heterocycles. The number of ether oxygens (including phenoxy) is 3. The molecule has 6 nitrogen and oxygen atoms in total. The van der Waals surface area contributed by atoms with Crippen molar-refractivity contribution in [3.8, 4) is 5.75 Å². The highest BCUT2D eigenvalue weighted by Crippen LogP contribution is 2.44. The van der Waals surface area contributed by atoms with Crippen LogP contribution in [0, 0.1) is 0 Å². The van der Waals surface area contributed by atoms with Crippen LogP contribution in [0.4, 0.5) is 0 Å². The van der Waals surface area contributed by atoms with Gasteiger partial charge in [0.25, 0.3) is 0 Å². The van der Waals surface area contributed by atoms with Crippen LogP contribution in [0.3, 0.4) is 0 Å². The van der Waals surface area contributed by atoms with E-state index in [1.54, 1.807) is 42.5 Å². The smallest absolute Gasteiger partial charge is 0.340 e. The molecular formula is C24H21Cl2NO5. The lowest BCUT2D eigenvalue weighted by atomic mass is 9.77. The highest BCUT2D eigenvalue weighted by Gasteiger charge is 2.41. The van der Waals surface area contributed by atoms with Crippen molar-refractivity contribution in [3.05, 3.63) is 86.4 Å². The van der Waals surface area contributed by atoms with Crippen molar-refractivity contribution in [3.63, 3.8) is 0 Å². The minimum absolute atomic E-state index is 0.0343. The summed E-state index contributed by atoms with van der Waals surface area (Å²) in [4.78, 5) is 25.3. The molecule has 2 aliphatic rings. The van der Waals surface area contributed by atoms with Gasteiger partial charge in [-0.15, -0.1) is 0 Å². The van der Waals surface area contributed by atoms with Gasteiger partial charge in [-0.25, -0.2) is 4.79 Å². The van der Waals surface area contributed by atoms with Gasteiger partial charge >= 0.3 is 5.97 Å². The largest absolute Gasteiger partial charge is 0.489 e. The Morgan fingerprint density at radius 2 is 1.91 bits per heavy atom. The van der Waals surface area contributed by atoms with Gasteiger partial charge in [0.15, 0.2) is 5.78 Å². The van der Waals surface area contributed by atoms with Gasteiger partial charge < -0.3 is 19.9 Å². The first-order valence-corrected chi connectivity index (χ1v) is 10.8. The number of carbonyl (C=O) groups is 2. The third kappa shape index (κ3) is 4.33. The second-order valence-electron chi connectivity index (χ2n) is 7.51. The number of hydrogen-bond acceptors (Lipinski definition) is 6. The Hall–Kier alpha value is -2.96. The average Bonchev–Trinajstić information content (AvgIpc) is 2.78. The Kier molecular flexibility index (Phi) is 6.44. The quantitative estimate of drug-likeness (QED) is 0.612. The first kappa shape index (κ1) is 22.2. The van der Waals surface area contributed by atoms with E-state index in [2.05, 4.69) is 0 Å². The van der Waals surface area contributed by atoms with Gasteiger partial charge in [-0.2, -0.15) is 0 Å². The highest BCUT2D eigenvalue weighted by molar-refractivity contribution is 6.35. The molecule has 1 atom stereocenters. The number of carbonyl (C=O) groups excluding carboxylic acids is 2. The Balaban J connectivity index is 1.62. The van der Waals surface area contributed by atoms with Gasteiger partial charge in [-0.05, 0) is 36.2 Å². The van der Waals surface area contributed by atoms with Crippen molar-refractivity contribution in [2.24, 2.45) is 5.73 Å². The fraction of sp³-hybridized carbons (Fsp3) is 0.250. The summed E-state index contributed by atoms with van der Waals surface area (Å²) >= 11 is 12.1. The summed E-state index contributed by atoms with van der Waals surface area (Å²) in [7, 11) is 1.27. The zero-order valence-electron chi connectivity index (χ0n) is 17.3. The Morgan fingerprint density at radius 3 is 2.59 bits per heavy atom. The highest BCUT2D eigenvalue weighted by atomic mass is 35.5. The molecule has 1 aliphatic heterocycles. The van der Waals surface area contributed by atoms with E-state index in [-0.39, 0.29) is 23.8 Å². The molecule has 0 fully saturated rings. The molecule has 1 aliphatic carbocycles. The summed E-state index contributed by atoms with van der Waals surface area (Å²) in [5.41, 5.74) is 8.18. The molecule has 2 N–H and O–H groups in total. The summed E-state index contributed by atoms with van der Waals surface area (Å²) in [6.45, 7) is 0.265. The van der Waals surface area contributed by atoms with Crippen LogP contribution >= 0.6 is 23.2 Å². The number of allylic oxidation sites excluding steroid dienone is 2. The van der Waals surface area contributed by atoms with Crippen LogP contribution in [0.5, 0.6) is 5.75 Å². The first-order valence-electron chi connectivity index (χ1n) is 10.1. The van der Waals surface area contributed by atoms with E-state index in [0.717, 1.165) is 11.1 Å². The molecule has 0 amide bonds. The lowest BCUT2D eigenvalue weighted by Crippen LogP contribution is -2.31. The predicted molar refractivity (Wildman–Crippen MR) is 120 cm³/mol. The minimum atomic E-state index is -0.654. The van der Waals surface area contributed by atoms with E-state index in [1.807, 2.05) is 0 Å². The summed E-state index contributed by atoms with van der Waals surface area (Å²) in [5, 5.41) is 1.08. The van der Waals surface area contributed by atoms with Crippen molar-refractivity contribution in [2.45, 2.75) is 31.8 Å². The molecule has 0 spiro atoms. The number of Topliss-reactive ketones (excluding diaryl/α,β-unsaturated/α-hetero) is 1. The number of esters is 1. The fourth-order valence-corrected chi connectivity index (χ4v) is 4.42. The Bertz CT molecular complexity index is 1140. The molecule has 0 bridgehead atoms. The maximum Gasteiger partial charge on any atom is 0.340 e. The van der Waals surface area contributed by atoms with Crippen molar-refractivity contribution in [2.75, 3.05) is 7.11 Å². The minimum Gasteiger partial charge on any atom is -0.489 e. The van der Waals surface area contributed by atoms with Crippen molar-refractivity contribution in [1.82, 2.24) is 0 Å². The number of benzene rings is 2. The number of ketones is 1. The topological polar surface area (TPSA) is 87.9 Å². The van der Waals surface area contributed by atoms with Crippen molar-refractivity contribution < 1.29 is 23.8 Å². The fourth-order valence-electron chi connectivity index (χ4n) is 3.95. The monoisotopic (exact) mass is 473 g/mol. The number of hydrogen-bond donors (Lipinski definition) is 1. The second kappa shape index (κ2) is 9.27. The van der Waals surface area contributed by atoms with E-state index in [0.29, 0.717) is 46.4 Å². The molecule has 8 heteroatoms. The number of methoxy groups -OCH3 is 1. The third-order valence-electron chi connectivity index (χ3n) is 5.51. The van der Waals surface area contributed by atoms with Crippen LogP contribution < -0.4 is 10.5 Å². The number of nitrogens with two attached hydrogens (primary N) is 1. The molecule has 4 rings (SSSR count). The van der Waals surface area contributed by atoms with Crippen molar-refractivity contribution in [1.29, 1.82) is 0 Å². The normalized spacial score (nSPS) is 18.2. The molecule has 2 aromatic rings. The van der Waals surface area contributed by atoms with Crippen LogP contribution in [-0.2, 0) is 25.7 Å². The molecule has 0 saturated carbocycles. The molecule has 0 radical (unpaired) electrons. The SMILES string of the molecule is COC(=O)C1=C(N)OC2=C(C(=O)CCC2)[C@H]1c1ccc(OCc2ccc(Cl)cc2Cl)cc1. The lowest BCUT2D eigenvalue weighted by Gasteiger charge is -2.32. The van der Waals surface area contributed by atoms with Crippen LogP contribution in [0.25, 0.3) is 0 Å². The first-order chi connectivity index (χ1) is 15.4. The molecular weight excluding hydrogens is 453 g/mol. The van der Waals surface area contributed by atoms with Gasteiger partial charge in [0.1, 0.15) is 23.7 Å². The third-order valence-corrected chi connectivity index (χ3v) is 6.10. The van der Waals surface area contributed by atoms with Gasteiger partial charge in [0, 0.05) is 34.0 Å². The molecule has 166 valence electrons. The molecule has 0 saturated heterocycles. The maximum atomic E-state index is 12.8. The van der Waals surface area contributed by atoms with Crippen LogP contribution in [-0.4, -0.2) is 18.9 Å².